The highest BCUT2D eigenvalue weighted by Gasteiger charge is 2.30. The summed E-state index contributed by atoms with van der Waals surface area (Å²) >= 11 is 11.9. The van der Waals surface area contributed by atoms with Gasteiger partial charge >= 0.3 is 12.1 Å². The summed E-state index contributed by atoms with van der Waals surface area (Å²) in [6.45, 7) is -0.483. The lowest BCUT2D eigenvalue weighted by atomic mass is 10.2. The van der Waals surface area contributed by atoms with Crippen LogP contribution in [0, 0.1) is 0 Å². The second-order valence-corrected chi connectivity index (χ2v) is 7.54. The minimum atomic E-state index is -4.52. The first-order chi connectivity index (χ1) is 15.6. The number of nitrogens with zero attached hydrogens (tertiary/aromatic N) is 1. The van der Waals surface area contributed by atoms with Crippen molar-refractivity contribution < 1.29 is 27.5 Å². The summed E-state index contributed by atoms with van der Waals surface area (Å²) in [5.74, 6) is -1.47. The molecular weight excluding hydrogens is 482 g/mol. The van der Waals surface area contributed by atoms with Crippen LogP contribution in [0.25, 0.3) is 0 Å². The number of carbonyl (C=O) groups is 2. The molecule has 0 unspecified atom stereocenters. The number of nitrogens with one attached hydrogen (secondary N) is 2. The topological polar surface area (TPSA) is 80.3 Å². The number of esters is 1. The molecule has 2 N–H and O–H groups in total. The second-order valence-electron chi connectivity index (χ2n) is 6.69. The largest absolute Gasteiger partial charge is 0.452 e. The fraction of sp³-hybridized carbons (Fsp3) is 0.136. The van der Waals surface area contributed by atoms with Crippen LogP contribution < -0.4 is 10.6 Å². The Kier molecular flexibility index (Phi) is 7.78. The molecule has 0 spiro atoms. The summed E-state index contributed by atoms with van der Waals surface area (Å²) in [7, 11) is 0. The summed E-state index contributed by atoms with van der Waals surface area (Å²) < 4.78 is 43.8. The molecule has 0 aliphatic carbocycles. The number of anilines is 2. The molecule has 0 aliphatic heterocycles. The van der Waals surface area contributed by atoms with Gasteiger partial charge < -0.3 is 15.4 Å². The van der Waals surface area contributed by atoms with Gasteiger partial charge in [0.25, 0.3) is 5.91 Å². The Hall–Kier alpha value is -3.30. The van der Waals surface area contributed by atoms with Gasteiger partial charge in [-0.1, -0.05) is 35.3 Å². The van der Waals surface area contributed by atoms with Crippen molar-refractivity contribution in [1.29, 1.82) is 0 Å². The Morgan fingerprint density at radius 1 is 1.03 bits per heavy atom. The summed E-state index contributed by atoms with van der Waals surface area (Å²) in [4.78, 5) is 28.5. The van der Waals surface area contributed by atoms with Crippen LogP contribution in [0.1, 0.15) is 21.5 Å². The van der Waals surface area contributed by atoms with Gasteiger partial charge in [-0.2, -0.15) is 13.2 Å². The van der Waals surface area contributed by atoms with Gasteiger partial charge in [-0.3, -0.25) is 4.79 Å². The van der Waals surface area contributed by atoms with E-state index in [0.717, 1.165) is 12.1 Å². The number of hydrogen-bond acceptors (Lipinski definition) is 5. The normalized spacial score (nSPS) is 11.1. The van der Waals surface area contributed by atoms with Crippen LogP contribution >= 0.6 is 23.2 Å². The number of pyridine rings is 1. The molecule has 0 fully saturated rings. The van der Waals surface area contributed by atoms with Gasteiger partial charge in [0.15, 0.2) is 6.61 Å². The fourth-order valence-corrected chi connectivity index (χ4v) is 3.17. The number of benzene rings is 2. The van der Waals surface area contributed by atoms with E-state index >= 15 is 0 Å². The van der Waals surface area contributed by atoms with Gasteiger partial charge in [-0.25, -0.2) is 9.78 Å². The van der Waals surface area contributed by atoms with E-state index in [4.69, 9.17) is 27.9 Å². The minimum absolute atomic E-state index is 0.0184. The first-order valence-electron chi connectivity index (χ1n) is 9.40. The Morgan fingerprint density at radius 2 is 1.82 bits per heavy atom. The number of aromatic nitrogens is 1. The fourth-order valence-electron chi connectivity index (χ4n) is 2.70. The first-order valence-corrected chi connectivity index (χ1v) is 10.2. The maximum absolute atomic E-state index is 12.9. The summed E-state index contributed by atoms with van der Waals surface area (Å²) in [6, 6.07) is 12.1. The zero-order chi connectivity index (χ0) is 24.0. The second kappa shape index (κ2) is 10.5. The highest BCUT2D eigenvalue weighted by molar-refractivity contribution is 6.35. The third-order valence-corrected chi connectivity index (χ3v) is 4.89. The smallest absolute Gasteiger partial charge is 0.416 e. The van der Waals surface area contributed by atoms with E-state index in [1.54, 1.807) is 12.1 Å². The molecule has 1 aromatic heterocycles. The van der Waals surface area contributed by atoms with E-state index in [9.17, 15) is 22.8 Å². The zero-order valence-corrected chi connectivity index (χ0v) is 18.3. The van der Waals surface area contributed by atoms with Crippen molar-refractivity contribution in [3.05, 3.63) is 87.5 Å². The number of carbonyl (C=O) groups excluding carboxylic acids is 2. The molecule has 11 heteroatoms. The number of ether oxygens (including phenoxy) is 1. The van der Waals surface area contributed by atoms with Crippen molar-refractivity contribution in [2.45, 2.75) is 12.7 Å². The number of halogens is 5. The van der Waals surface area contributed by atoms with E-state index in [1.165, 1.54) is 36.5 Å². The monoisotopic (exact) mass is 497 g/mol. The van der Waals surface area contributed by atoms with Gasteiger partial charge in [0, 0.05) is 28.5 Å². The van der Waals surface area contributed by atoms with Crippen LogP contribution in [-0.2, 0) is 22.3 Å². The zero-order valence-electron chi connectivity index (χ0n) is 16.7. The molecule has 1 amide bonds. The highest BCUT2D eigenvalue weighted by atomic mass is 35.5. The van der Waals surface area contributed by atoms with E-state index in [1.807, 2.05) is 0 Å². The molecule has 0 saturated carbocycles. The molecule has 2 aromatic carbocycles. The van der Waals surface area contributed by atoms with Crippen LogP contribution in [0.4, 0.5) is 24.7 Å². The lowest BCUT2D eigenvalue weighted by Gasteiger charge is -2.13. The molecule has 0 aliphatic rings. The van der Waals surface area contributed by atoms with Gasteiger partial charge in [-0.15, -0.1) is 0 Å². The summed E-state index contributed by atoms with van der Waals surface area (Å²) in [5, 5.41) is 6.06. The predicted molar refractivity (Wildman–Crippen MR) is 118 cm³/mol. The maximum atomic E-state index is 12.9. The molecule has 172 valence electrons. The van der Waals surface area contributed by atoms with Gasteiger partial charge in [-0.05, 0) is 48.0 Å². The number of rotatable bonds is 7. The lowest BCUT2D eigenvalue weighted by molar-refractivity contribution is -0.137. The molecule has 0 saturated heterocycles. The molecule has 33 heavy (non-hydrogen) atoms. The summed E-state index contributed by atoms with van der Waals surface area (Å²) in [5.41, 5.74) is -0.204. The SMILES string of the molecule is O=C(COC(=O)c1cccnc1Nc1cccc(C(F)(F)F)c1)NCc1ccc(Cl)cc1Cl. The number of amides is 1. The lowest BCUT2D eigenvalue weighted by Crippen LogP contribution is -2.28. The Morgan fingerprint density at radius 3 is 2.55 bits per heavy atom. The number of hydrogen-bond donors (Lipinski definition) is 2. The Balaban J connectivity index is 1.61. The minimum Gasteiger partial charge on any atom is -0.452 e. The van der Waals surface area contributed by atoms with Crippen LogP contribution in [0.2, 0.25) is 10.0 Å². The van der Waals surface area contributed by atoms with Crippen molar-refractivity contribution >= 4 is 46.6 Å². The van der Waals surface area contributed by atoms with Gasteiger partial charge in [0.1, 0.15) is 11.4 Å². The van der Waals surface area contributed by atoms with Crippen LogP contribution in [-0.4, -0.2) is 23.5 Å². The molecule has 0 bridgehead atoms. The quantitative estimate of drug-likeness (QED) is 0.414. The molecular formula is C22H16Cl2F3N3O3. The third-order valence-electron chi connectivity index (χ3n) is 4.31. The average molecular weight is 498 g/mol. The Labute approximate surface area is 196 Å². The van der Waals surface area contributed by atoms with Crippen LogP contribution in [0.15, 0.2) is 60.8 Å². The number of alkyl halides is 3. The first kappa shape index (κ1) is 24.3. The van der Waals surface area contributed by atoms with Crippen molar-refractivity contribution in [2.75, 3.05) is 11.9 Å². The van der Waals surface area contributed by atoms with E-state index in [2.05, 4.69) is 15.6 Å². The molecule has 6 nitrogen and oxygen atoms in total. The third kappa shape index (κ3) is 6.84. The van der Waals surface area contributed by atoms with Crippen LogP contribution in [0.3, 0.4) is 0 Å². The van der Waals surface area contributed by atoms with E-state index in [-0.39, 0.29) is 23.6 Å². The van der Waals surface area contributed by atoms with Crippen LogP contribution in [0.5, 0.6) is 0 Å². The summed E-state index contributed by atoms with van der Waals surface area (Å²) in [6.07, 6.45) is -3.16. The Bertz CT molecular complexity index is 1170. The standard InChI is InChI=1S/C22H16Cl2F3N3O3/c23-15-7-6-13(18(24)10-15)11-29-19(31)12-33-21(32)17-5-2-8-28-20(17)30-16-4-1-3-14(9-16)22(25,26)27/h1-10H,11-12H2,(H,28,30)(H,29,31). The predicted octanol–water partition coefficient (Wildman–Crippen LogP) is 5.62. The highest BCUT2D eigenvalue weighted by Crippen LogP contribution is 2.31. The van der Waals surface area contributed by atoms with Gasteiger partial charge in [0.05, 0.1) is 5.56 Å². The molecule has 0 atom stereocenters. The van der Waals surface area contributed by atoms with Crippen molar-refractivity contribution in [3.63, 3.8) is 0 Å². The average Bonchev–Trinajstić information content (AvgIpc) is 2.77. The van der Waals surface area contributed by atoms with Crippen molar-refractivity contribution in [1.82, 2.24) is 10.3 Å². The van der Waals surface area contributed by atoms with Crippen molar-refractivity contribution in [2.24, 2.45) is 0 Å². The maximum Gasteiger partial charge on any atom is 0.416 e. The van der Waals surface area contributed by atoms with Gasteiger partial charge in [0.2, 0.25) is 0 Å². The van der Waals surface area contributed by atoms with E-state index < -0.39 is 30.2 Å². The molecule has 3 aromatic rings. The molecule has 0 radical (unpaired) electrons. The molecule has 1 heterocycles. The van der Waals surface area contributed by atoms with Crippen molar-refractivity contribution in [3.8, 4) is 0 Å². The van der Waals surface area contributed by atoms with E-state index in [0.29, 0.717) is 15.6 Å². The molecule has 3 rings (SSSR count).